The predicted octanol–water partition coefficient (Wildman–Crippen LogP) is 1.48. The van der Waals surface area contributed by atoms with Gasteiger partial charge in [-0.1, -0.05) is 0 Å². The molecule has 5 heteroatoms. The lowest BCUT2D eigenvalue weighted by atomic mass is 10.1. The van der Waals surface area contributed by atoms with Gasteiger partial charge in [0.2, 0.25) is 0 Å². The van der Waals surface area contributed by atoms with Crippen LogP contribution in [-0.4, -0.2) is 48.2 Å². The molecular formula is C14H19IN2O2. The highest BCUT2D eigenvalue weighted by atomic mass is 127. The minimum atomic E-state index is -0.000787. The molecule has 1 aromatic carbocycles. The lowest BCUT2D eigenvalue weighted by molar-refractivity contribution is 0.0706. The first kappa shape index (κ1) is 14.7. The van der Waals surface area contributed by atoms with Crippen LogP contribution in [-0.2, 0) is 0 Å². The quantitative estimate of drug-likeness (QED) is 0.768. The van der Waals surface area contributed by atoms with Crippen molar-refractivity contribution in [3.8, 4) is 0 Å². The first-order chi connectivity index (χ1) is 9.20. The summed E-state index contributed by atoms with van der Waals surface area (Å²) in [4.78, 5) is 14.2. The maximum Gasteiger partial charge on any atom is 0.253 e. The van der Waals surface area contributed by atoms with Crippen molar-refractivity contribution in [3.05, 3.63) is 33.4 Å². The van der Waals surface area contributed by atoms with Crippen LogP contribution >= 0.6 is 22.6 Å². The Kier molecular flexibility index (Phi) is 5.59. The molecule has 0 aromatic heterocycles. The van der Waals surface area contributed by atoms with Crippen LogP contribution in [0.15, 0.2) is 24.3 Å². The summed E-state index contributed by atoms with van der Waals surface area (Å²) in [6.45, 7) is 2.09. The smallest absolute Gasteiger partial charge is 0.253 e. The molecule has 19 heavy (non-hydrogen) atoms. The lowest BCUT2D eigenvalue weighted by Gasteiger charge is -2.25. The second-order valence-electron chi connectivity index (χ2n) is 4.77. The first-order valence-corrected chi connectivity index (χ1v) is 7.67. The van der Waals surface area contributed by atoms with Crippen LogP contribution in [0.3, 0.4) is 0 Å². The van der Waals surface area contributed by atoms with Crippen LogP contribution in [0.1, 0.15) is 23.2 Å². The van der Waals surface area contributed by atoms with Crippen molar-refractivity contribution in [2.75, 3.05) is 26.2 Å². The van der Waals surface area contributed by atoms with Gasteiger partial charge >= 0.3 is 0 Å². The van der Waals surface area contributed by atoms with Crippen molar-refractivity contribution < 1.29 is 9.90 Å². The van der Waals surface area contributed by atoms with E-state index in [1.807, 2.05) is 24.3 Å². The maximum atomic E-state index is 12.4. The highest BCUT2D eigenvalue weighted by molar-refractivity contribution is 14.1. The van der Waals surface area contributed by atoms with E-state index in [-0.39, 0.29) is 12.5 Å². The monoisotopic (exact) mass is 374 g/mol. The highest BCUT2D eigenvalue weighted by Gasteiger charge is 2.21. The third-order valence-corrected chi connectivity index (χ3v) is 4.07. The molecule has 4 nitrogen and oxygen atoms in total. The van der Waals surface area contributed by atoms with E-state index in [2.05, 4.69) is 27.9 Å². The zero-order chi connectivity index (χ0) is 13.7. The number of nitrogens with zero attached hydrogens (tertiary/aromatic N) is 1. The molecule has 0 radical (unpaired) electrons. The normalized spacial score (nSPS) is 18.5. The second kappa shape index (κ2) is 7.21. The van der Waals surface area contributed by atoms with Crippen LogP contribution in [0.25, 0.3) is 0 Å². The third kappa shape index (κ3) is 4.15. The number of carbonyl (C=O) groups is 1. The molecule has 1 heterocycles. The molecule has 1 aromatic rings. The molecule has 104 valence electrons. The van der Waals surface area contributed by atoms with E-state index in [0.717, 1.165) is 23.0 Å². The van der Waals surface area contributed by atoms with Gasteiger partial charge in [-0.05, 0) is 66.2 Å². The number of hydrogen-bond donors (Lipinski definition) is 2. The van der Waals surface area contributed by atoms with Crippen LogP contribution in [0.5, 0.6) is 0 Å². The largest absolute Gasteiger partial charge is 0.395 e. The number of carbonyl (C=O) groups excluding carboxylic acids is 1. The van der Waals surface area contributed by atoms with E-state index in [1.165, 1.54) is 0 Å². The minimum absolute atomic E-state index is 0.000787. The molecule has 2 N–H and O–H groups in total. The van der Waals surface area contributed by atoms with Crippen LogP contribution in [0, 0.1) is 3.57 Å². The fraction of sp³-hybridized carbons (Fsp3) is 0.500. The number of aliphatic hydroxyl groups excluding tert-OH is 1. The number of nitrogens with one attached hydrogen (secondary N) is 1. The first-order valence-electron chi connectivity index (χ1n) is 6.60. The molecule has 0 spiro atoms. The van der Waals surface area contributed by atoms with E-state index in [0.29, 0.717) is 24.7 Å². The van der Waals surface area contributed by atoms with Crippen molar-refractivity contribution in [1.29, 1.82) is 0 Å². The van der Waals surface area contributed by atoms with E-state index in [1.54, 1.807) is 4.90 Å². The summed E-state index contributed by atoms with van der Waals surface area (Å²) in [5.41, 5.74) is 0.687. The van der Waals surface area contributed by atoms with E-state index >= 15 is 0 Å². The van der Waals surface area contributed by atoms with Crippen LogP contribution < -0.4 is 5.32 Å². The van der Waals surface area contributed by atoms with Gasteiger partial charge in [-0.25, -0.2) is 0 Å². The summed E-state index contributed by atoms with van der Waals surface area (Å²) < 4.78 is 1.11. The lowest BCUT2D eigenvalue weighted by Crippen LogP contribution is -2.42. The Bertz CT molecular complexity index is 416. The Balaban J connectivity index is 2.04. The molecule has 0 bridgehead atoms. The molecule has 1 fully saturated rings. The number of aliphatic hydroxyl groups is 1. The Labute approximate surface area is 127 Å². The minimum Gasteiger partial charge on any atom is -0.395 e. The molecule has 2 rings (SSSR count). The Morgan fingerprint density at radius 2 is 2.16 bits per heavy atom. The van der Waals surface area contributed by atoms with Gasteiger partial charge in [0, 0.05) is 28.3 Å². The topological polar surface area (TPSA) is 52.6 Å². The van der Waals surface area contributed by atoms with Gasteiger partial charge in [-0.3, -0.25) is 4.79 Å². The van der Waals surface area contributed by atoms with Crippen molar-refractivity contribution in [2.24, 2.45) is 0 Å². The number of rotatable bonds is 5. The summed E-state index contributed by atoms with van der Waals surface area (Å²) in [6, 6.07) is 7.91. The molecular weight excluding hydrogens is 355 g/mol. The summed E-state index contributed by atoms with van der Waals surface area (Å²) in [5, 5.41) is 12.5. The number of benzene rings is 1. The predicted molar refractivity (Wildman–Crippen MR) is 83.2 cm³/mol. The Morgan fingerprint density at radius 3 is 2.74 bits per heavy atom. The van der Waals surface area contributed by atoms with E-state index in [9.17, 15) is 4.79 Å². The van der Waals surface area contributed by atoms with E-state index in [4.69, 9.17) is 5.11 Å². The second-order valence-corrected chi connectivity index (χ2v) is 6.02. The third-order valence-electron chi connectivity index (χ3n) is 3.35. The average Bonchev–Trinajstić information content (AvgIpc) is 2.91. The average molecular weight is 374 g/mol. The molecule has 1 saturated heterocycles. The fourth-order valence-corrected chi connectivity index (χ4v) is 2.71. The standard InChI is InChI=1S/C14H19IN2O2/c15-12-5-3-11(4-6-12)14(19)17(8-9-18)10-13-2-1-7-16-13/h3-6,13,16,18H,1-2,7-10H2. The zero-order valence-corrected chi connectivity index (χ0v) is 13.0. The summed E-state index contributed by atoms with van der Waals surface area (Å²) >= 11 is 2.22. The molecule has 1 aliphatic rings. The van der Waals surface area contributed by atoms with Gasteiger partial charge in [0.1, 0.15) is 0 Å². The summed E-state index contributed by atoms with van der Waals surface area (Å²) in [7, 11) is 0. The molecule has 0 saturated carbocycles. The van der Waals surface area contributed by atoms with Crippen LogP contribution in [0.4, 0.5) is 0 Å². The Morgan fingerprint density at radius 1 is 1.42 bits per heavy atom. The van der Waals surface area contributed by atoms with E-state index < -0.39 is 0 Å². The molecule has 1 aliphatic heterocycles. The summed E-state index contributed by atoms with van der Waals surface area (Å²) in [5.74, 6) is -0.000787. The SMILES string of the molecule is O=C(c1ccc(I)cc1)N(CCO)CC1CCCN1. The Hall–Kier alpha value is -0.660. The fourth-order valence-electron chi connectivity index (χ4n) is 2.35. The van der Waals surface area contributed by atoms with Crippen molar-refractivity contribution in [3.63, 3.8) is 0 Å². The molecule has 1 atom stereocenters. The molecule has 1 amide bonds. The molecule has 1 unspecified atom stereocenters. The van der Waals surface area contributed by atoms with Crippen molar-refractivity contribution >= 4 is 28.5 Å². The van der Waals surface area contributed by atoms with Gasteiger partial charge in [0.25, 0.3) is 5.91 Å². The summed E-state index contributed by atoms with van der Waals surface area (Å²) in [6.07, 6.45) is 2.26. The number of amides is 1. The number of halogens is 1. The van der Waals surface area contributed by atoms with Crippen molar-refractivity contribution in [2.45, 2.75) is 18.9 Å². The van der Waals surface area contributed by atoms with Gasteiger partial charge in [0.05, 0.1) is 6.61 Å². The van der Waals surface area contributed by atoms with Gasteiger partial charge in [-0.15, -0.1) is 0 Å². The van der Waals surface area contributed by atoms with Gasteiger partial charge < -0.3 is 15.3 Å². The van der Waals surface area contributed by atoms with Crippen molar-refractivity contribution in [1.82, 2.24) is 10.2 Å². The number of hydrogen-bond acceptors (Lipinski definition) is 3. The highest BCUT2D eigenvalue weighted by Crippen LogP contribution is 2.12. The van der Waals surface area contributed by atoms with Gasteiger partial charge in [-0.2, -0.15) is 0 Å². The van der Waals surface area contributed by atoms with Gasteiger partial charge in [0.15, 0.2) is 0 Å². The van der Waals surface area contributed by atoms with Crippen LogP contribution in [0.2, 0.25) is 0 Å². The maximum absolute atomic E-state index is 12.4. The molecule has 0 aliphatic carbocycles. The zero-order valence-electron chi connectivity index (χ0n) is 10.8.